The highest BCUT2D eigenvalue weighted by molar-refractivity contribution is 7.91. The normalized spacial score (nSPS) is 24.3. The minimum atomic E-state index is -2.93. The van der Waals surface area contributed by atoms with Gasteiger partial charge in [0.15, 0.2) is 15.5 Å². The van der Waals surface area contributed by atoms with Gasteiger partial charge in [-0.3, -0.25) is 9.30 Å². The molecule has 0 amide bonds. The third-order valence-corrected chi connectivity index (χ3v) is 6.23. The summed E-state index contributed by atoms with van der Waals surface area (Å²) in [6.07, 6.45) is 4.49. The Kier molecular flexibility index (Phi) is 3.12. The van der Waals surface area contributed by atoms with Gasteiger partial charge in [0.2, 0.25) is 0 Å². The second-order valence-electron chi connectivity index (χ2n) is 6.15. The maximum atomic E-state index is 12.4. The number of rotatable bonds is 4. The Morgan fingerprint density at radius 1 is 1.23 bits per heavy atom. The van der Waals surface area contributed by atoms with Crippen molar-refractivity contribution < 1.29 is 8.42 Å². The van der Waals surface area contributed by atoms with Gasteiger partial charge < -0.3 is 0 Å². The lowest BCUT2D eigenvalue weighted by Gasteiger charge is -2.27. The van der Waals surface area contributed by atoms with Gasteiger partial charge in [-0.15, -0.1) is 5.10 Å². The second kappa shape index (κ2) is 4.92. The second-order valence-corrected chi connectivity index (χ2v) is 8.38. The van der Waals surface area contributed by atoms with Crippen LogP contribution >= 0.6 is 0 Å². The molecule has 118 valence electrons. The van der Waals surface area contributed by atoms with E-state index in [9.17, 15) is 13.2 Å². The van der Waals surface area contributed by atoms with Crippen LogP contribution < -0.4 is 5.69 Å². The van der Waals surface area contributed by atoms with Crippen molar-refractivity contribution >= 4 is 15.5 Å². The Morgan fingerprint density at radius 3 is 2.68 bits per heavy atom. The molecule has 0 radical (unpaired) electrons. The molecule has 7 nitrogen and oxygen atoms in total. The summed E-state index contributed by atoms with van der Waals surface area (Å²) < 4.78 is 26.4. The number of hydrogen-bond acceptors (Lipinski definition) is 5. The van der Waals surface area contributed by atoms with Gasteiger partial charge >= 0.3 is 5.69 Å². The number of fused-ring (bicyclic) bond motifs is 1. The maximum Gasteiger partial charge on any atom is 0.351 e. The van der Waals surface area contributed by atoms with Crippen molar-refractivity contribution in [2.45, 2.75) is 38.0 Å². The van der Waals surface area contributed by atoms with Crippen LogP contribution in [0.1, 0.15) is 19.3 Å². The summed E-state index contributed by atoms with van der Waals surface area (Å²) in [5.41, 5.74) is 0.435. The highest BCUT2D eigenvalue weighted by Crippen LogP contribution is 2.32. The summed E-state index contributed by atoms with van der Waals surface area (Å²) in [7, 11) is -2.93. The van der Waals surface area contributed by atoms with E-state index in [2.05, 4.69) is 10.00 Å². The quantitative estimate of drug-likeness (QED) is 0.798. The smallest absolute Gasteiger partial charge is 0.277 e. The van der Waals surface area contributed by atoms with Crippen molar-refractivity contribution in [1.82, 2.24) is 19.1 Å². The molecule has 1 saturated heterocycles. The van der Waals surface area contributed by atoms with Crippen LogP contribution in [-0.2, 0) is 16.5 Å². The molecule has 2 fully saturated rings. The Morgan fingerprint density at radius 2 is 2.05 bits per heavy atom. The zero-order valence-electron chi connectivity index (χ0n) is 12.1. The van der Waals surface area contributed by atoms with Crippen LogP contribution in [0, 0.1) is 0 Å². The van der Waals surface area contributed by atoms with Crippen molar-refractivity contribution in [3.05, 3.63) is 34.9 Å². The summed E-state index contributed by atoms with van der Waals surface area (Å²) in [5.74, 6) is 0.451. The lowest BCUT2D eigenvalue weighted by molar-refractivity contribution is 0.144. The molecule has 3 heterocycles. The third-order valence-electron chi connectivity index (χ3n) is 4.48. The van der Waals surface area contributed by atoms with Gasteiger partial charge in [-0.05, 0) is 31.4 Å². The number of sulfone groups is 1. The fourth-order valence-electron chi connectivity index (χ4n) is 3.19. The van der Waals surface area contributed by atoms with E-state index in [0.717, 1.165) is 12.8 Å². The van der Waals surface area contributed by atoms with Gasteiger partial charge in [0, 0.05) is 18.3 Å². The average Bonchev–Trinajstić information content (AvgIpc) is 3.20. The van der Waals surface area contributed by atoms with E-state index in [1.54, 1.807) is 18.3 Å². The standard InChI is InChI=1S/C14H18N4O3S/c19-14-16-7-2-1-3-13(16)15-18(14)10-17(11-4-5-11)12-6-8-22(20,21)9-12/h1-3,7,11-12H,4-6,8-10H2/t12-/m1/s1. The molecule has 0 aromatic carbocycles. The lowest BCUT2D eigenvalue weighted by atomic mass is 10.2. The number of nitrogens with zero attached hydrogens (tertiary/aromatic N) is 4. The summed E-state index contributed by atoms with van der Waals surface area (Å²) in [4.78, 5) is 14.5. The molecule has 0 spiro atoms. The molecule has 8 heteroatoms. The van der Waals surface area contributed by atoms with Gasteiger partial charge in [0.25, 0.3) is 0 Å². The predicted molar refractivity (Wildman–Crippen MR) is 81.4 cm³/mol. The largest absolute Gasteiger partial charge is 0.351 e. The Balaban J connectivity index is 1.64. The molecular formula is C14H18N4O3S. The Hall–Kier alpha value is -1.67. The first-order chi connectivity index (χ1) is 10.5. The topological polar surface area (TPSA) is 76.7 Å². The molecule has 4 rings (SSSR count). The van der Waals surface area contributed by atoms with Crippen molar-refractivity contribution in [2.75, 3.05) is 11.5 Å². The zero-order chi connectivity index (χ0) is 15.3. The van der Waals surface area contributed by atoms with Crippen molar-refractivity contribution in [1.29, 1.82) is 0 Å². The van der Waals surface area contributed by atoms with Gasteiger partial charge in [0.05, 0.1) is 18.2 Å². The lowest BCUT2D eigenvalue weighted by Crippen LogP contribution is -2.42. The van der Waals surface area contributed by atoms with E-state index in [1.165, 1.54) is 9.08 Å². The molecule has 2 aromatic rings. The van der Waals surface area contributed by atoms with E-state index >= 15 is 0 Å². The molecule has 22 heavy (non-hydrogen) atoms. The highest BCUT2D eigenvalue weighted by Gasteiger charge is 2.40. The maximum absolute atomic E-state index is 12.4. The van der Waals surface area contributed by atoms with Gasteiger partial charge in [-0.25, -0.2) is 13.2 Å². The molecule has 0 N–H and O–H groups in total. The van der Waals surface area contributed by atoms with E-state index in [0.29, 0.717) is 24.8 Å². The van der Waals surface area contributed by atoms with Crippen LogP contribution in [0.15, 0.2) is 29.2 Å². The van der Waals surface area contributed by atoms with Crippen molar-refractivity contribution in [3.63, 3.8) is 0 Å². The molecule has 0 unspecified atom stereocenters. The molecule has 1 saturated carbocycles. The Bertz CT molecular complexity index is 866. The van der Waals surface area contributed by atoms with Crippen molar-refractivity contribution in [2.24, 2.45) is 0 Å². The predicted octanol–water partition coefficient (Wildman–Crippen LogP) is 0.105. The summed E-state index contributed by atoms with van der Waals surface area (Å²) in [6.45, 7) is 0.366. The summed E-state index contributed by atoms with van der Waals surface area (Å²) in [5, 5.41) is 4.35. The Labute approximate surface area is 128 Å². The van der Waals surface area contributed by atoms with Crippen LogP contribution in [0.2, 0.25) is 0 Å². The van der Waals surface area contributed by atoms with E-state index in [4.69, 9.17) is 0 Å². The van der Waals surface area contributed by atoms with E-state index in [-0.39, 0.29) is 23.2 Å². The van der Waals surface area contributed by atoms with E-state index in [1.807, 2.05) is 6.07 Å². The molecule has 2 aromatic heterocycles. The number of hydrogen-bond donors (Lipinski definition) is 0. The number of pyridine rings is 1. The molecule has 1 aliphatic carbocycles. The summed E-state index contributed by atoms with van der Waals surface area (Å²) in [6, 6.07) is 5.82. The fourth-order valence-corrected chi connectivity index (χ4v) is 4.93. The highest BCUT2D eigenvalue weighted by atomic mass is 32.2. The molecular weight excluding hydrogens is 304 g/mol. The average molecular weight is 322 g/mol. The van der Waals surface area contributed by atoms with Gasteiger partial charge in [0.1, 0.15) is 0 Å². The van der Waals surface area contributed by atoms with Gasteiger partial charge in [-0.1, -0.05) is 6.07 Å². The third kappa shape index (κ3) is 2.46. The molecule has 2 aliphatic rings. The first-order valence-electron chi connectivity index (χ1n) is 7.54. The monoisotopic (exact) mass is 322 g/mol. The van der Waals surface area contributed by atoms with Gasteiger partial charge in [-0.2, -0.15) is 4.68 Å². The first-order valence-corrected chi connectivity index (χ1v) is 9.36. The number of aromatic nitrogens is 3. The van der Waals surface area contributed by atoms with E-state index < -0.39 is 9.84 Å². The minimum absolute atomic E-state index is 0.00853. The van der Waals surface area contributed by atoms with Crippen LogP contribution in [0.5, 0.6) is 0 Å². The molecule has 1 atom stereocenters. The first kappa shape index (κ1) is 14.0. The van der Waals surface area contributed by atoms with Crippen LogP contribution in [0.4, 0.5) is 0 Å². The summed E-state index contributed by atoms with van der Waals surface area (Å²) >= 11 is 0. The zero-order valence-corrected chi connectivity index (χ0v) is 12.9. The molecule has 0 bridgehead atoms. The van der Waals surface area contributed by atoms with Crippen LogP contribution in [0.3, 0.4) is 0 Å². The fraction of sp³-hybridized carbons (Fsp3) is 0.571. The van der Waals surface area contributed by atoms with Crippen LogP contribution in [-0.4, -0.2) is 51.1 Å². The SMILES string of the molecule is O=c1n(CN(C2CC2)[C@@H]2CCS(=O)(=O)C2)nc2ccccn12. The molecule has 1 aliphatic heterocycles. The van der Waals surface area contributed by atoms with Crippen LogP contribution in [0.25, 0.3) is 5.65 Å². The minimum Gasteiger partial charge on any atom is -0.277 e. The van der Waals surface area contributed by atoms with Crippen molar-refractivity contribution in [3.8, 4) is 0 Å².